The number of aliphatic hydroxyl groups excluding tert-OH is 1. The molecule has 0 fully saturated rings. The van der Waals surface area contributed by atoms with E-state index in [0.717, 1.165) is 38.5 Å². The highest BCUT2D eigenvalue weighted by Crippen LogP contribution is 2.15. The highest BCUT2D eigenvalue weighted by Gasteiger charge is 1.95. The second kappa shape index (κ2) is 14.0. The lowest BCUT2D eigenvalue weighted by Crippen LogP contribution is -1.85. The molecule has 0 unspecified atom stereocenters. The maximum Gasteiger partial charge on any atom is 0.120 e. The van der Waals surface area contributed by atoms with Gasteiger partial charge in [0.2, 0.25) is 0 Å². The van der Waals surface area contributed by atoms with Gasteiger partial charge in [0.1, 0.15) is 5.94 Å². The summed E-state index contributed by atoms with van der Waals surface area (Å²) in [6, 6.07) is 0. The summed E-state index contributed by atoms with van der Waals surface area (Å²) < 4.78 is 0. The summed E-state index contributed by atoms with van der Waals surface area (Å²) in [6.45, 7) is 4.23. The van der Waals surface area contributed by atoms with Gasteiger partial charge in [0.05, 0.1) is 6.61 Å². The van der Waals surface area contributed by atoms with Crippen molar-refractivity contribution >= 4 is 5.94 Å². The number of hydrogen-bond donors (Lipinski definition) is 1. The summed E-state index contributed by atoms with van der Waals surface area (Å²) >= 11 is 0. The van der Waals surface area contributed by atoms with Crippen LogP contribution in [0.2, 0.25) is 0 Å². The summed E-state index contributed by atoms with van der Waals surface area (Å²) in [6.07, 6.45) is 15.3. The van der Waals surface area contributed by atoms with E-state index in [1.807, 2.05) is 6.08 Å². The molecular formula is C16H26O2. The van der Waals surface area contributed by atoms with Gasteiger partial charge in [0.25, 0.3) is 0 Å². The van der Waals surface area contributed by atoms with Crippen molar-refractivity contribution in [2.24, 2.45) is 0 Å². The number of hydrogen-bond acceptors (Lipinski definition) is 2. The fourth-order valence-electron chi connectivity index (χ4n) is 1.82. The molecule has 2 nitrogen and oxygen atoms in total. The van der Waals surface area contributed by atoms with Gasteiger partial charge in [-0.3, -0.25) is 0 Å². The Hall–Kier alpha value is -1.11. The third kappa shape index (κ3) is 13.0. The van der Waals surface area contributed by atoms with Gasteiger partial charge in [0.15, 0.2) is 0 Å². The van der Waals surface area contributed by atoms with Crippen molar-refractivity contribution in [3.8, 4) is 0 Å². The Morgan fingerprint density at radius 1 is 1.00 bits per heavy atom. The third-order valence-corrected chi connectivity index (χ3v) is 2.89. The van der Waals surface area contributed by atoms with Crippen LogP contribution >= 0.6 is 0 Å². The Labute approximate surface area is 111 Å². The summed E-state index contributed by atoms with van der Waals surface area (Å²) in [5.74, 6) is 1.80. The molecule has 0 heterocycles. The number of unbranched alkanes of at least 4 members (excludes halogenated alkanes) is 5. The largest absolute Gasteiger partial charge is 0.392 e. The van der Waals surface area contributed by atoms with Crippen molar-refractivity contribution in [2.75, 3.05) is 6.61 Å². The second-order valence-electron chi connectivity index (χ2n) is 4.57. The SMILES string of the molecule is C=C(CCCC=CCO)CCCCCCC=C=O. The number of rotatable bonds is 12. The van der Waals surface area contributed by atoms with E-state index < -0.39 is 0 Å². The van der Waals surface area contributed by atoms with E-state index in [1.54, 1.807) is 18.1 Å². The van der Waals surface area contributed by atoms with Gasteiger partial charge in [-0.15, -0.1) is 0 Å². The molecule has 0 atom stereocenters. The van der Waals surface area contributed by atoms with E-state index in [9.17, 15) is 4.79 Å². The van der Waals surface area contributed by atoms with E-state index in [-0.39, 0.29) is 6.61 Å². The maximum atomic E-state index is 9.94. The van der Waals surface area contributed by atoms with E-state index in [2.05, 4.69) is 6.58 Å². The summed E-state index contributed by atoms with van der Waals surface area (Å²) in [5.41, 5.74) is 1.33. The van der Waals surface area contributed by atoms with Gasteiger partial charge in [0, 0.05) is 0 Å². The molecule has 18 heavy (non-hydrogen) atoms. The molecule has 0 aromatic heterocycles. The topological polar surface area (TPSA) is 37.3 Å². The van der Waals surface area contributed by atoms with Crippen molar-refractivity contribution in [3.63, 3.8) is 0 Å². The molecule has 0 aromatic rings. The predicted molar refractivity (Wildman–Crippen MR) is 77.2 cm³/mol. The molecule has 0 aliphatic carbocycles. The van der Waals surface area contributed by atoms with Gasteiger partial charge in [-0.25, -0.2) is 4.79 Å². The van der Waals surface area contributed by atoms with Gasteiger partial charge < -0.3 is 5.11 Å². The van der Waals surface area contributed by atoms with Crippen molar-refractivity contribution < 1.29 is 9.90 Å². The van der Waals surface area contributed by atoms with E-state index in [4.69, 9.17) is 5.11 Å². The maximum absolute atomic E-state index is 9.94. The lowest BCUT2D eigenvalue weighted by Gasteiger charge is -2.04. The number of allylic oxidation sites excluding steroid dienone is 3. The van der Waals surface area contributed by atoms with Crippen LogP contribution in [-0.2, 0) is 4.79 Å². The molecule has 0 aliphatic heterocycles. The van der Waals surface area contributed by atoms with Crippen LogP contribution in [0.3, 0.4) is 0 Å². The predicted octanol–water partition coefficient (Wildman–Crippen LogP) is 3.99. The first-order valence-corrected chi connectivity index (χ1v) is 6.93. The van der Waals surface area contributed by atoms with Crippen LogP contribution in [0, 0.1) is 0 Å². The third-order valence-electron chi connectivity index (χ3n) is 2.89. The van der Waals surface area contributed by atoms with Crippen molar-refractivity contribution in [1.82, 2.24) is 0 Å². The molecule has 0 saturated carbocycles. The van der Waals surface area contributed by atoms with Crippen LogP contribution in [0.4, 0.5) is 0 Å². The minimum absolute atomic E-state index is 0.139. The summed E-state index contributed by atoms with van der Waals surface area (Å²) in [5, 5.41) is 8.57. The first-order valence-electron chi connectivity index (χ1n) is 6.93. The van der Waals surface area contributed by atoms with Gasteiger partial charge in [-0.1, -0.05) is 37.1 Å². The number of carbonyl (C=O) groups excluding carboxylic acids is 1. The molecule has 0 bridgehead atoms. The Bertz CT molecular complexity index is 273. The van der Waals surface area contributed by atoms with Gasteiger partial charge in [-0.05, 0) is 51.0 Å². The van der Waals surface area contributed by atoms with Crippen LogP contribution in [-0.4, -0.2) is 17.7 Å². The van der Waals surface area contributed by atoms with Crippen LogP contribution in [0.5, 0.6) is 0 Å². The molecule has 0 radical (unpaired) electrons. The first kappa shape index (κ1) is 16.9. The molecule has 0 saturated heterocycles. The lowest BCUT2D eigenvalue weighted by molar-refractivity contribution is 0.342. The fraction of sp³-hybridized carbons (Fsp3) is 0.625. The van der Waals surface area contributed by atoms with Gasteiger partial charge >= 0.3 is 0 Å². The molecule has 0 aromatic carbocycles. The van der Waals surface area contributed by atoms with Crippen LogP contribution in [0.1, 0.15) is 57.8 Å². The zero-order valence-electron chi connectivity index (χ0n) is 11.4. The van der Waals surface area contributed by atoms with Crippen molar-refractivity contribution in [2.45, 2.75) is 57.8 Å². The molecule has 0 aliphatic rings. The van der Waals surface area contributed by atoms with E-state index >= 15 is 0 Å². The lowest BCUT2D eigenvalue weighted by atomic mass is 10.0. The molecule has 0 spiro atoms. The highest BCUT2D eigenvalue weighted by molar-refractivity contribution is 5.44. The number of aliphatic hydroxyl groups is 1. The minimum Gasteiger partial charge on any atom is -0.392 e. The Morgan fingerprint density at radius 3 is 2.44 bits per heavy atom. The van der Waals surface area contributed by atoms with Gasteiger partial charge in [-0.2, -0.15) is 0 Å². The molecule has 0 rings (SSSR count). The molecule has 0 amide bonds. The van der Waals surface area contributed by atoms with Crippen LogP contribution < -0.4 is 0 Å². The molecule has 102 valence electrons. The summed E-state index contributed by atoms with van der Waals surface area (Å²) in [4.78, 5) is 9.94. The van der Waals surface area contributed by atoms with E-state index in [0.29, 0.717) is 0 Å². The monoisotopic (exact) mass is 250 g/mol. The zero-order valence-corrected chi connectivity index (χ0v) is 11.4. The quantitative estimate of drug-likeness (QED) is 0.323. The molecular weight excluding hydrogens is 224 g/mol. The average Bonchev–Trinajstić information content (AvgIpc) is 2.37. The first-order chi connectivity index (χ1) is 8.81. The normalized spacial score (nSPS) is 10.5. The second-order valence-corrected chi connectivity index (χ2v) is 4.57. The molecule has 1 N–H and O–H groups in total. The fourth-order valence-corrected chi connectivity index (χ4v) is 1.82. The standard InChI is InChI=1S/C16H26O2/c1-16(13-9-5-7-11-15-18)12-8-4-2-3-6-10-14-17/h7,10-11,18H,1-6,8-9,12-13,15H2. The van der Waals surface area contributed by atoms with Crippen LogP contribution in [0.15, 0.2) is 30.4 Å². The highest BCUT2D eigenvalue weighted by atomic mass is 16.2. The van der Waals surface area contributed by atoms with Crippen molar-refractivity contribution in [1.29, 1.82) is 0 Å². The Kier molecular flexibility index (Phi) is 13.1. The molecule has 2 heteroatoms. The minimum atomic E-state index is 0.139. The Morgan fingerprint density at radius 2 is 1.72 bits per heavy atom. The average molecular weight is 250 g/mol. The zero-order chi connectivity index (χ0) is 13.5. The Balaban J connectivity index is 3.26. The van der Waals surface area contributed by atoms with E-state index in [1.165, 1.54) is 24.8 Å². The van der Waals surface area contributed by atoms with Crippen LogP contribution in [0.25, 0.3) is 0 Å². The van der Waals surface area contributed by atoms with Crippen molar-refractivity contribution in [3.05, 3.63) is 30.4 Å². The smallest absolute Gasteiger partial charge is 0.120 e. The summed E-state index contributed by atoms with van der Waals surface area (Å²) in [7, 11) is 0.